The second-order valence-electron chi connectivity index (χ2n) is 3.82. The van der Waals surface area contributed by atoms with Gasteiger partial charge in [0, 0.05) is 16.5 Å². The summed E-state index contributed by atoms with van der Waals surface area (Å²) in [5.74, 6) is -1.17. The normalized spacial score (nSPS) is 18.9. The molecule has 1 saturated heterocycles. The van der Waals surface area contributed by atoms with E-state index in [2.05, 4.69) is 15.9 Å². The maximum Gasteiger partial charge on any atom is 0.197 e. The van der Waals surface area contributed by atoms with Crippen LogP contribution in [-0.4, -0.2) is 13.2 Å². The third kappa shape index (κ3) is 2.14. The van der Waals surface area contributed by atoms with Crippen molar-refractivity contribution in [1.29, 1.82) is 0 Å². The van der Waals surface area contributed by atoms with Crippen LogP contribution in [0.3, 0.4) is 0 Å². The van der Waals surface area contributed by atoms with Crippen LogP contribution in [-0.2, 0) is 15.3 Å². The van der Waals surface area contributed by atoms with Gasteiger partial charge in [-0.3, -0.25) is 0 Å². The molecule has 4 heteroatoms. The molecule has 0 atom stereocenters. The highest BCUT2D eigenvalue weighted by atomic mass is 79.9. The molecule has 1 aliphatic heterocycles. The zero-order valence-corrected chi connectivity index (χ0v) is 10.7. The predicted octanol–water partition coefficient (Wildman–Crippen LogP) is 3.59. The smallest absolute Gasteiger partial charge is 0.197 e. The van der Waals surface area contributed by atoms with E-state index in [4.69, 9.17) is 9.47 Å². The van der Waals surface area contributed by atoms with E-state index >= 15 is 0 Å². The maximum atomic E-state index is 13.8. The highest BCUT2D eigenvalue weighted by Gasteiger charge is 2.39. The second kappa shape index (κ2) is 4.82. The van der Waals surface area contributed by atoms with Gasteiger partial charge in [-0.25, -0.2) is 4.39 Å². The highest BCUT2D eigenvalue weighted by Crippen LogP contribution is 2.38. The molecule has 2 nitrogen and oxygen atoms in total. The van der Waals surface area contributed by atoms with E-state index in [0.29, 0.717) is 25.2 Å². The van der Waals surface area contributed by atoms with Crippen molar-refractivity contribution < 1.29 is 13.9 Å². The third-order valence-electron chi connectivity index (χ3n) is 2.67. The van der Waals surface area contributed by atoms with Gasteiger partial charge in [-0.2, -0.15) is 0 Å². The minimum Gasteiger partial charge on any atom is -0.343 e. The topological polar surface area (TPSA) is 18.5 Å². The molecule has 0 amide bonds. The number of hydrogen-bond donors (Lipinski definition) is 0. The van der Waals surface area contributed by atoms with Crippen LogP contribution < -0.4 is 0 Å². The number of halogens is 2. The standard InChI is InChI=1S/C12H14BrFO2/c1-2-5-12(15-6-7-16-12)10-8-9(13)3-4-11(10)14/h3-4,8H,2,5-7H2,1H3. The lowest BCUT2D eigenvalue weighted by molar-refractivity contribution is -0.172. The molecule has 1 heterocycles. The van der Waals surface area contributed by atoms with Gasteiger partial charge >= 0.3 is 0 Å². The fraction of sp³-hybridized carbons (Fsp3) is 0.500. The number of ether oxygens (including phenoxy) is 2. The summed E-state index contributed by atoms with van der Waals surface area (Å²) in [6, 6.07) is 4.84. The quantitative estimate of drug-likeness (QED) is 0.846. The Hall–Kier alpha value is -0.450. The van der Waals surface area contributed by atoms with Crippen LogP contribution in [0.4, 0.5) is 4.39 Å². The Morgan fingerprint density at radius 2 is 2.06 bits per heavy atom. The Bertz CT molecular complexity index is 375. The average Bonchev–Trinajstić information content (AvgIpc) is 2.72. The molecule has 0 bridgehead atoms. The first-order valence-electron chi connectivity index (χ1n) is 5.41. The Labute approximate surface area is 103 Å². The van der Waals surface area contributed by atoms with Crippen molar-refractivity contribution in [3.05, 3.63) is 34.1 Å². The molecular formula is C12H14BrFO2. The molecule has 1 aliphatic rings. The number of hydrogen-bond acceptors (Lipinski definition) is 2. The molecule has 1 aromatic rings. The molecule has 1 fully saturated rings. The van der Waals surface area contributed by atoms with Crippen molar-refractivity contribution >= 4 is 15.9 Å². The zero-order valence-electron chi connectivity index (χ0n) is 9.13. The van der Waals surface area contributed by atoms with Crippen molar-refractivity contribution in [2.75, 3.05) is 13.2 Å². The SMILES string of the molecule is CCCC1(c2cc(Br)ccc2F)OCCO1. The van der Waals surface area contributed by atoms with E-state index < -0.39 is 5.79 Å². The summed E-state index contributed by atoms with van der Waals surface area (Å²) in [5, 5.41) is 0. The van der Waals surface area contributed by atoms with Crippen molar-refractivity contribution in [3.8, 4) is 0 Å². The molecular weight excluding hydrogens is 275 g/mol. The first-order chi connectivity index (χ1) is 7.68. The Kier molecular flexibility index (Phi) is 3.62. The average molecular weight is 289 g/mol. The summed E-state index contributed by atoms with van der Waals surface area (Å²) in [6.07, 6.45) is 1.55. The largest absolute Gasteiger partial charge is 0.343 e. The van der Waals surface area contributed by atoms with Gasteiger partial charge < -0.3 is 9.47 Å². The Morgan fingerprint density at radius 1 is 1.38 bits per heavy atom. The van der Waals surface area contributed by atoms with E-state index in [0.717, 1.165) is 10.9 Å². The molecule has 0 radical (unpaired) electrons. The highest BCUT2D eigenvalue weighted by molar-refractivity contribution is 9.10. The minimum atomic E-state index is -0.886. The molecule has 1 aromatic carbocycles. The molecule has 0 N–H and O–H groups in total. The van der Waals surface area contributed by atoms with Crippen LogP contribution in [0.15, 0.2) is 22.7 Å². The molecule has 0 aromatic heterocycles. The summed E-state index contributed by atoms with van der Waals surface area (Å²) in [6.45, 7) is 3.07. The van der Waals surface area contributed by atoms with Crippen molar-refractivity contribution in [2.45, 2.75) is 25.6 Å². The van der Waals surface area contributed by atoms with Crippen LogP contribution in [0.25, 0.3) is 0 Å². The first-order valence-corrected chi connectivity index (χ1v) is 6.21. The van der Waals surface area contributed by atoms with Gasteiger partial charge in [0.2, 0.25) is 0 Å². The van der Waals surface area contributed by atoms with Crippen molar-refractivity contribution in [2.24, 2.45) is 0 Å². The summed E-state index contributed by atoms with van der Waals surface area (Å²) < 4.78 is 25.9. The molecule has 2 rings (SSSR count). The maximum absolute atomic E-state index is 13.8. The molecule has 0 spiro atoms. The lowest BCUT2D eigenvalue weighted by Gasteiger charge is -2.28. The van der Waals surface area contributed by atoms with Crippen LogP contribution in [0.5, 0.6) is 0 Å². The van der Waals surface area contributed by atoms with Crippen LogP contribution in [0.1, 0.15) is 25.3 Å². The van der Waals surface area contributed by atoms with Gasteiger partial charge in [-0.1, -0.05) is 29.3 Å². The fourth-order valence-corrected chi connectivity index (χ4v) is 2.37. The number of rotatable bonds is 3. The van der Waals surface area contributed by atoms with Gasteiger partial charge in [-0.15, -0.1) is 0 Å². The molecule has 88 valence electrons. The molecule has 0 aliphatic carbocycles. The van der Waals surface area contributed by atoms with Crippen molar-refractivity contribution in [1.82, 2.24) is 0 Å². The lowest BCUT2D eigenvalue weighted by Crippen LogP contribution is -2.28. The van der Waals surface area contributed by atoms with Gasteiger partial charge in [0.15, 0.2) is 5.79 Å². The molecule has 16 heavy (non-hydrogen) atoms. The minimum absolute atomic E-state index is 0.279. The third-order valence-corrected chi connectivity index (χ3v) is 3.16. The van der Waals surface area contributed by atoms with E-state index in [-0.39, 0.29) is 5.82 Å². The zero-order chi connectivity index (χ0) is 11.6. The lowest BCUT2D eigenvalue weighted by atomic mass is 10.0. The van der Waals surface area contributed by atoms with E-state index in [1.807, 2.05) is 6.92 Å². The fourth-order valence-electron chi connectivity index (χ4n) is 2.01. The van der Waals surface area contributed by atoms with Gasteiger partial charge in [0.05, 0.1) is 13.2 Å². The van der Waals surface area contributed by atoms with Crippen LogP contribution in [0.2, 0.25) is 0 Å². The first kappa shape index (κ1) is 12.0. The Balaban J connectivity index is 2.42. The van der Waals surface area contributed by atoms with E-state index in [1.54, 1.807) is 12.1 Å². The van der Waals surface area contributed by atoms with E-state index in [1.165, 1.54) is 6.07 Å². The number of benzene rings is 1. The summed E-state index contributed by atoms with van der Waals surface area (Å²) in [4.78, 5) is 0. The summed E-state index contributed by atoms with van der Waals surface area (Å²) in [7, 11) is 0. The van der Waals surface area contributed by atoms with Gasteiger partial charge in [-0.05, 0) is 18.2 Å². The molecule has 0 saturated carbocycles. The molecule has 0 unspecified atom stereocenters. The van der Waals surface area contributed by atoms with E-state index in [9.17, 15) is 4.39 Å². The van der Waals surface area contributed by atoms with Crippen molar-refractivity contribution in [3.63, 3.8) is 0 Å². The summed E-state index contributed by atoms with van der Waals surface area (Å²) in [5.41, 5.74) is 0.487. The monoisotopic (exact) mass is 288 g/mol. The van der Waals surface area contributed by atoms with Crippen LogP contribution in [0, 0.1) is 5.82 Å². The second-order valence-corrected chi connectivity index (χ2v) is 4.74. The Morgan fingerprint density at radius 3 is 2.69 bits per heavy atom. The van der Waals surface area contributed by atoms with Gasteiger partial charge in [0.1, 0.15) is 5.82 Å². The predicted molar refractivity (Wildman–Crippen MR) is 62.6 cm³/mol. The van der Waals surface area contributed by atoms with Crippen LogP contribution >= 0.6 is 15.9 Å². The summed E-state index contributed by atoms with van der Waals surface area (Å²) >= 11 is 3.34. The van der Waals surface area contributed by atoms with Gasteiger partial charge in [0.25, 0.3) is 0 Å².